The summed E-state index contributed by atoms with van der Waals surface area (Å²) < 4.78 is 0. The Morgan fingerprint density at radius 2 is 2.11 bits per heavy atom. The zero-order chi connectivity index (χ0) is 13.1. The monoisotopic (exact) mass is 244 g/mol. The van der Waals surface area contributed by atoms with E-state index in [0.29, 0.717) is 11.5 Å². The predicted molar refractivity (Wildman–Crippen MR) is 72.3 cm³/mol. The molecule has 0 bridgehead atoms. The van der Waals surface area contributed by atoms with Gasteiger partial charge in [-0.15, -0.1) is 0 Å². The molecule has 0 aromatic carbocycles. The van der Waals surface area contributed by atoms with Gasteiger partial charge in [0.2, 0.25) is 0 Å². The maximum Gasteiger partial charge on any atom is 0.128 e. The van der Waals surface area contributed by atoms with Crippen molar-refractivity contribution >= 4 is 5.82 Å². The summed E-state index contributed by atoms with van der Waals surface area (Å²) in [5.41, 5.74) is 7.41. The Bertz CT molecular complexity index is 453. The fourth-order valence-corrected chi connectivity index (χ4v) is 2.50. The molecule has 0 amide bonds. The van der Waals surface area contributed by atoms with Crippen molar-refractivity contribution < 1.29 is 0 Å². The van der Waals surface area contributed by atoms with Crippen LogP contribution < -0.4 is 10.6 Å². The minimum Gasteiger partial charge on any atom is -0.357 e. The molecular weight excluding hydrogens is 224 g/mol. The van der Waals surface area contributed by atoms with Crippen molar-refractivity contribution in [2.45, 2.75) is 32.7 Å². The maximum atomic E-state index is 8.90. The molecule has 18 heavy (non-hydrogen) atoms. The molecule has 1 aliphatic heterocycles. The van der Waals surface area contributed by atoms with Gasteiger partial charge in [-0.3, -0.25) is 0 Å². The molecule has 0 spiro atoms. The molecule has 1 aromatic rings. The summed E-state index contributed by atoms with van der Waals surface area (Å²) in [4.78, 5) is 6.79. The summed E-state index contributed by atoms with van der Waals surface area (Å²) in [5, 5.41) is 8.90. The minimum absolute atomic E-state index is 0.280. The second-order valence-electron chi connectivity index (χ2n) is 5.10. The summed E-state index contributed by atoms with van der Waals surface area (Å²) in [6.45, 7) is 5.98. The predicted octanol–water partition coefficient (Wildman–Crippen LogP) is 1.83. The fourth-order valence-electron chi connectivity index (χ4n) is 2.50. The number of piperidine rings is 1. The summed E-state index contributed by atoms with van der Waals surface area (Å²) in [6.07, 6.45) is 2.25. The second-order valence-corrected chi connectivity index (χ2v) is 5.10. The normalized spacial score (nSPS) is 18.4. The van der Waals surface area contributed by atoms with Gasteiger partial charge in [-0.2, -0.15) is 5.26 Å². The molecule has 0 radical (unpaired) electrons. The molecule has 2 heterocycles. The van der Waals surface area contributed by atoms with E-state index in [4.69, 9.17) is 11.0 Å². The van der Waals surface area contributed by atoms with Gasteiger partial charge in [-0.05, 0) is 44.7 Å². The van der Waals surface area contributed by atoms with Crippen LogP contribution in [0.5, 0.6) is 0 Å². The highest BCUT2D eigenvalue weighted by Crippen LogP contribution is 2.24. The largest absolute Gasteiger partial charge is 0.357 e. The van der Waals surface area contributed by atoms with Crippen LogP contribution in [0.1, 0.15) is 31.0 Å². The average molecular weight is 244 g/mol. The summed E-state index contributed by atoms with van der Waals surface area (Å²) in [7, 11) is 0. The van der Waals surface area contributed by atoms with Crippen LogP contribution in [0, 0.1) is 24.2 Å². The SMILES string of the molecule is Cc1nc(N2CCC(C(C)N)CC2)ccc1C#N. The zero-order valence-corrected chi connectivity index (χ0v) is 11.1. The quantitative estimate of drug-likeness (QED) is 0.862. The Balaban J connectivity index is 2.06. The number of hydrogen-bond acceptors (Lipinski definition) is 4. The lowest BCUT2D eigenvalue weighted by molar-refractivity contribution is 0.353. The molecular formula is C14H20N4. The Morgan fingerprint density at radius 3 is 2.61 bits per heavy atom. The van der Waals surface area contributed by atoms with Gasteiger partial charge in [-0.1, -0.05) is 0 Å². The van der Waals surface area contributed by atoms with Crippen molar-refractivity contribution in [3.63, 3.8) is 0 Å². The molecule has 4 heteroatoms. The van der Waals surface area contributed by atoms with E-state index in [-0.39, 0.29) is 6.04 Å². The lowest BCUT2D eigenvalue weighted by Crippen LogP contribution is -2.40. The van der Waals surface area contributed by atoms with E-state index >= 15 is 0 Å². The van der Waals surface area contributed by atoms with Crippen LogP contribution in [0.3, 0.4) is 0 Å². The zero-order valence-electron chi connectivity index (χ0n) is 11.1. The van der Waals surface area contributed by atoms with Crippen LogP contribution in [0.2, 0.25) is 0 Å². The molecule has 1 unspecified atom stereocenters. The molecule has 2 N–H and O–H groups in total. The number of anilines is 1. The Labute approximate surface area is 108 Å². The highest BCUT2D eigenvalue weighted by molar-refractivity contribution is 5.45. The molecule has 0 saturated carbocycles. The van der Waals surface area contributed by atoms with Crippen molar-refractivity contribution in [3.8, 4) is 6.07 Å². The van der Waals surface area contributed by atoms with Crippen LogP contribution in [0.4, 0.5) is 5.82 Å². The second kappa shape index (κ2) is 5.36. The van der Waals surface area contributed by atoms with Crippen LogP contribution in [-0.2, 0) is 0 Å². The topological polar surface area (TPSA) is 65.9 Å². The van der Waals surface area contributed by atoms with E-state index < -0.39 is 0 Å². The number of nitrogens with two attached hydrogens (primary N) is 1. The van der Waals surface area contributed by atoms with Gasteiger partial charge < -0.3 is 10.6 Å². The molecule has 4 nitrogen and oxygen atoms in total. The van der Waals surface area contributed by atoms with E-state index in [1.165, 1.54) is 0 Å². The summed E-state index contributed by atoms with van der Waals surface area (Å²) in [5.74, 6) is 1.61. The maximum absolute atomic E-state index is 8.90. The highest BCUT2D eigenvalue weighted by atomic mass is 15.2. The number of rotatable bonds is 2. The van der Waals surface area contributed by atoms with Crippen LogP contribution in [0.25, 0.3) is 0 Å². The van der Waals surface area contributed by atoms with E-state index in [0.717, 1.165) is 37.4 Å². The number of aryl methyl sites for hydroxylation is 1. The van der Waals surface area contributed by atoms with Gasteiger partial charge in [0.05, 0.1) is 11.3 Å². The van der Waals surface area contributed by atoms with Crippen molar-refractivity contribution in [2.75, 3.05) is 18.0 Å². The highest BCUT2D eigenvalue weighted by Gasteiger charge is 2.22. The fraction of sp³-hybridized carbons (Fsp3) is 0.571. The number of pyridine rings is 1. The molecule has 1 fully saturated rings. The smallest absolute Gasteiger partial charge is 0.128 e. The van der Waals surface area contributed by atoms with Gasteiger partial charge in [0.25, 0.3) is 0 Å². The van der Waals surface area contributed by atoms with Crippen molar-refractivity contribution in [1.29, 1.82) is 5.26 Å². The van der Waals surface area contributed by atoms with E-state index in [2.05, 4.69) is 22.9 Å². The van der Waals surface area contributed by atoms with E-state index in [1.807, 2.05) is 19.1 Å². The molecule has 0 aliphatic carbocycles. The summed E-state index contributed by atoms with van der Waals surface area (Å²) >= 11 is 0. The first kappa shape index (κ1) is 12.8. The average Bonchev–Trinajstić information content (AvgIpc) is 2.38. The van der Waals surface area contributed by atoms with E-state index in [1.54, 1.807) is 0 Å². The van der Waals surface area contributed by atoms with Gasteiger partial charge in [0.1, 0.15) is 11.9 Å². The molecule has 1 saturated heterocycles. The Morgan fingerprint density at radius 1 is 1.44 bits per heavy atom. The Hall–Kier alpha value is -1.60. The van der Waals surface area contributed by atoms with Gasteiger partial charge in [0, 0.05) is 19.1 Å². The number of aromatic nitrogens is 1. The minimum atomic E-state index is 0.280. The number of nitriles is 1. The molecule has 2 rings (SSSR count). The van der Waals surface area contributed by atoms with Crippen molar-refractivity contribution in [3.05, 3.63) is 23.4 Å². The van der Waals surface area contributed by atoms with Gasteiger partial charge in [0.15, 0.2) is 0 Å². The van der Waals surface area contributed by atoms with Crippen molar-refractivity contribution in [2.24, 2.45) is 11.7 Å². The number of nitrogens with zero attached hydrogens (tertiary/aromatic N) is 3. The first-order chi connectivity index (χ1) is 8.61. The Kier molecular flexibility index (Phi) is 3.83. The van der Waals surface area contributed by atoms with Crippen LogP contribution in [0.15, 0.2) is 12.1 Å². The van der Waals surface area contributed by atoms with Gasteiger partial charge >= 0.3 is 0 Å². The number of hydrogen-bond donors (Lipinski definition) is 1. The van der Waals surface area contributed by atoms with Gasteiger partial charge in [-0.25, -0.2) is 4.98 Å². The van der Waals surface area contributed by atoms with Crippen molar-refractivity contribution in [1.82, 2.24) is 4.98 Å². The molecule has 96 valence electrons. The first-order valence-corrected chi connectivity index (χ1v) is 6.50. The first-order valence-electron chi connectivity index (χ1n) is 6.50. The molecule has 1 aliphatic rings. The van der Waals surface area contributed by atoms with E-state index in [9.17, 15) is 0 Å². The lowest BCUT2D eigenvalue weighted by atomic mass is 9.91. The third-order valence-electron chi connectivity index (χ3n) is 3.80. The molecule has 1 aromatic heterocycles. The standard InChI is InChI=1S/C14H20N4/c1-10(16)12-5-7-18(8-6-12)14-4-3-13(9-15)11(2)17-14/h3-4,10,12H,5-8,16H2,1-2H3. The van der Waals surface area contributed by atoms with Crippen LogP contribution >= 0.6 is 0 Å². The third kappa shape index (κ3) is 2.62. The molecule has 1 atom stereocenters. The third-order valence-corrected chi connectivity index (χ3v) is 3.80. The van der Waals surface area contributed by atoms with Crippen LogP contribution in [-0.4, -0.2) is 24.1 Å². The summed E-state index contributed by atoms with van der Waals surface area (Å²) in [6, 6.07) is 6.23. The lowest BCUT2D eigenvalue weighted by Gasteiger charge is -2.34.